The Morgan fingerprint density at radius 1 is 1.20 bits per heavy atom. The second-order valence-corrected chi connectivity index (χ2v) is 5.76. The molecule has 0 radical (unpaired) electrons. The molecule has 0 aliphatic heterocycles. The first-order valence-electron chi connectivity index (χ1n) is 6.40. The number of esters is 1. The molecule has 0 aliphatic carbocycles. The summed E-state index contributed by atoms with van der Waals surface area (Å²) >= 11 is 0. The summed E-state index contributed by atoms with van der Waals surface area (Å²) < 4.78 is 5.24. The van der Waals surface area contributed by atoms with E-state index in [1.54, 1.807) is 24.3 Å². The van der Waals surface area contributed by atoms with Crippen LogP contribution in [0, 0.1) is 0 Å². The number of carboxylic acid groups (broad SMARTS) is 1. The van der Waals surface area contributed by atoms with Gasteiger partial charge in [0.1, 0.15) is 5.60 Å². The predicted octanol–water partition coefficient (Wildman–Crippen LogP) is 2.16. The molecule has 1 aromatic carbocycles. The molecule has 0 amide bonds. The normalized spacial score (nSPS) is 11.4. The lowest BCUT2D eigenvalue weighted by atomic mass is 10.1. The number of hydrogen-bond acceptors (Lipinski definition) is 4. The maximum atomic E-state index is 11.7. The zero-order valence-corrected chi connectivity index (χ0v) is 12.3. The maximum absolute atomic E-state index is 11.7. The molecule has 1 rings (SSSR count). The van der Waals surface area contributed by atoms with Crippen LogP contribution in [0.5, 0.6) is 0 Å². The van der Waals surface area contributed by atoms with Crippen LogP contribution < -0.4 is 0 Å². The summed E-state index contributed by atoms with van der Waals surface area (Å²) in [4.78, 5) is 24.2. The van der Waals surface area contributed by atoms with Gasteiger partial charge in [-0.05, 0) is 45.5 Å². The van der Waals surface area contributed by atoms with Crippen molar-refractivity contribution in [2.75, 3.05) is 13.6 Å². The van der Waals surface area contributed by atoms with Crippen LogP contribution in [0.2, 0.25) is 0 Å². The van der Waals surface area contributed by atoms with E-state index in [1.165, 1.54) is 0 Å². The fourth-order valence-electron chi connectivity index (χ4n) is 1.71. The molecule has 20 heavy (non-hydrogen) atoms. The average Bonchev–Trinajstić information content (AvgIpc) is 2.26. The molecular formula is C15H21NO4. The molecular weight excluding hydrogens is 258 g/mol. The molecule has 0 heterocycles. The van der Waals surface area contributed by atoms with E-state index in [1.807, 2.05) is 32.7 Å². The molecule has 0 saturated heterocycles. The summed E-state index contributed by atoms with van der Waals surface area (Å²) in [7, 11) is 1.81. The lowest BCUT2D eigenvalue weighted by Gasteiger charge is -2.22. The summed E-state index contributed by atoms with van der Waals surface area (Å²) in [6.45, 7) is 6.23. The molecule has 0 aromatic heterocycles. The third-order valence-corrected chi connectivity index (χ3v) is 2.47. The van der Waals surface area contributed by atoms with Gasteiger partial charge in [-0.2, -0.15) is 0 Å². The standard InChI is InChI=1S/C15H21NO4/c1-15(2,3)20-13(17)10-16(4)9-11-5-7-12(8-6-11)14(18)19/h5-8H,9-10H2,1-4H3,(H,18,19). The topological polar surface area (TPSA) is 66.8 Å². The fraction of sp³-hybridized carbons (Fsp3) is 0.467. The average molecular weight is 279 g/mol. The molecule has 5 heteroatoms. The maximum Gasteiger partial charge on any atom is 0.335 e. The van der Waals surface area contributed by atoms with Gasteiger partial charge in [-0.15, -0.1) is 0 Å². The van der Waals surface area contributed by atoms with E-state index < -0.39 is 11.6 Å². The Labute approximate surface area is 119 Å². The Hall–Kier alpha value is -1.88. The Bertz CT molecular complexity index is 474. The number of ether oxygens (including phenoxy) is 1. The second kappa shape index (κ2) is 6.52. The van der Waals surface area contributed by atoms with Crippen molar-refractivity contribution < 1.29 is 19.4 Å². The van der Waals surface area contributed by atoms with Crippen molar-refractivity contribution >= 4 is 11.9 Å². The zero-order valence-electron chi connectivity index (χ0n) is 12.3. The van der Waals surface area contributed by atoms with E-state index in [2.05, 4.69) is 0 Å². The molecule has 0 bridgehead atoms. The molecule has 0 fully saturated rings. The third kappa shape index (κ3) is 5.84. The highest BCUT2D eigenvalue weighted by Gasteiger charge is 2.17. The first-order chi connectivity index (χ1) is 9.17. The fourth-order valence-corrected chi connectivity index (χ4v) is 1.71. The van der Waals surface area contributed by atoms with Gasteiger partial charge >= 0.3 is 11.9 Å². The van der Waals surface area contributed by atoms with Crippen LogP contribution >= 0.6 is 0 Å². The van der Waals surface area contributed by atoms with Gasteiger partial charge < -0.3 is 9.84 Å². The first-order valence-corrected chi connectivity index (χ1v) is 6.40. The lowest BCUT2D eigenvalue weighted by molar-refractivity contribution is -0.155. The lowest BCUT2D eigenvalue weighted by Crippen LogP contribution is -2.32. The van der Waals surface area contributed by atoms with Crippen LogP contribution in [0.3, 0.4) is 0 Å². The van der Waals surface area contributed by atoms with E-state index in [-0.39, 0.29) is 18.1 Å². The van der Waals surface area contributed by atoms with E-state index >= 15 is 0 Å². The largest absolute Gasteiger partial charge is 0.478 e. The van der Waals surface area contributed by atoms with Crippen molar-refractivity contribution in [3.05, 3.63) is 35.4 Å². The molecule has 0 spiro atoms. The summed E-state index contributed by atoms with van der Waals surface area (Å²) in [6.07, 6.45) is 0. The molecule has 1 aromatic rings. The number of likely N-dealkylation sites (N-methyl/N-ethyl adjacent to an activating group) is 1. The molecule has 0 atom stereocenters. The molecule has 1 N–H and O–H groups in total. The van der Waals surface area contributed by atoms with Crippen LogP contribution in [0.15, 0.2) is 24.3 Å². The Morgan fingerprint density at radius 3 is 2.20 bits per heavy atom. The van der Waals surface area contributed by atoms with Crippen LogP contribution in [0.4, 0.5) is 0 Å². The van der Waals surface area contributed by atoms with Gasteiger partial charge in [-0.25, -0.2) is 4.79 Å². The number of rotatable bonds is 5. The van der Waals surface area contributed by atoms with Gasteiger partial charge in [0, 0.05) is 6.54 Å². The number of carbonyl (C=O) groups excluding carboxylic acids is 1. The predicted molar refractivity (Wildman–Crippen MR) is 75.6 cm³/mol. The van der Waals surface area contributed by atoms with Crippen LogP contribution in [-0.4, -0.2) is 41.1 Å². The highest BCUT2D eigenvalue weighted by Crippen LogP contribution is 2.09. The van der Waals surface area contributed by atoms with E-state index in [0.717, 1.165) is 5.56 Å². The number of nitrogens with zero attached hydrogens (tertiary/aromatic N) is 1. The Kier molecular flexibility index (Phi) is 5.27. The SMILES string of the molecule is CN(CC(=O)OC(C)(C)C)Cc1ccc(C(=O)O)cc1. The van der Waals surface area contributed by atoms with Gasteiger partial charge in [0.25, 0.3) is 0 Å². The van der Waals surface area contributed by atoms with Crippen LogP contribution in [0.1, 0.15) is 36.7 Å². The number of carboxylic acids is 1. The third-order valence-electron chi connectivity index (χ3n) is 2.47. The summed E-state index contributed by atoms with van der Waals surface area (Å²) in [5.74, 6) is -1.22. The van der Waals surface area contributed by atoms with Crippen LogP contribution in [-0.2, 0) is 16.1 Å². The van der Waals surface area contributed by atoms with Crippen molar-refractivity contribution in [3.8, 4) is 0 Å². The highest BCUT2D eigenvalue weighted by molar-refractivity contribution is 5.87. The highest BCUT2D eigenvalue weighted by atomic mass is 16.6. The Morgan fingerprint density at radius 2 is 1.75 bits per heavy atom. The minimum absolute atomic E-state index is 0.192. The van der Waals surface area contributed by atoms with Gasteiger partial charge in [-0.3, -0.25) is 9.69 Å². The number of aromatic carboxylic acids is 1. The van der Waals surface area contributed by atoms with Crippen molar-refractivity contribution in [1.82, 2.24) is 4.90 Å². The second-order valence-electron chi connectivity index (χ2n) is 5.76. The van der Waals surface area contributed by atoms with Gasteiger partial charge in [-0.1, -0.05) is 12.1 Å². The minimum atomic E-state index is -0.946. The summed E-state index contributed by atoms with van der Waals surface area (Å²) in [5.41, 5.74) is 0.714. The van der Waals surface area contributed by atoms with Gasteiger partial charge in [0.15, 0.2) is 0 Å². The van der Waals surface area contributed by atoms with Crippen molar-refractivity contribution in [3.63, 3.8) is 0 Å². The quantitative estimate of drug-likeness (QED) is 0.837. The molecule has 0 unspecified atom stereocenters. The number of carbonyl (C=O) groups is 2. The van der Waals surface area contributed by atoms with E-state index in [0.29, 0.717) is 6.54 Å². The van der Waals surface area contributed by atoms with E-state index in [4.69, 9.17) is 9.84 Å². The Balaban J connectivity index is 2.52. The van der Waals surface area contributed by atoms with Crippen molar-refractivity contribution in [1.29, 1.82) is 0 Å². The minimum Gasteiger partial charge on any atom is -0.478 e. The molecule has 0 saturated carbocycles. The summed E-state index contributed by atoms with van der Waals surface area (Å²) in [5, 5.41) is 8.81. The smallest absolute Gasteiger partial charge is 0.335 e. The zero-order chi connectivity index (χ0) is 15.3. The molecule has 5 nitrogen and oxygen atoms in total. The molecule has 0 aliphatic rings. The van der Waals surface area contributed by atoms with Gasteiger partial charge in [0.05, 0.1) is 12.1 Å². The first kappa shape index (κ1) is 16.2. The number of benzene rings is 1. The van der Waals surface area contributed by atoms with E-state index in [9.17, 15) is 9.59 Å². The van der Waals surface area contributed by atoms with Crippen molar-refractivity contribution in [2.24, 2.45) is 0 Å². The van der Waals surface area contributed by atoms with Gasteiger partial charge in [0.2, 0.25) is 0 Å². The van der Waals surface area contributed by atoms with Crippen LogP contribution in [0.25, 0.3) is 0 Å². The molecule has 110 valence electrons. The summed E-state index contributed by atoms with van der Waals surface area (Å²) in [6, 6.07) is 6.60. The number of hydrogen-bond donors (Lipinski definition) is 1. The monoisotopic (exact) mass is 279 g/mol. The van der Waals surface area contributed by atoms with Crippen molar-refractivity contribution in [2.45, 2.75) is 32.9 Å².